The average molecular weight is 383 g/mol. The second kappa shape index (κ2) is 8.09. The normalized spacial score (nSPS) is 11.0. The first-order valence-corrected chi connectivity index (χ1v) is 9.87. The standard InChI is InChI=1S/C20H21N3O3S/c1-15-12-18(9-10-19(15)26-2)27(24,25)23-20-11-8-17(14-22-20)21-13-16-6-4-3-5-7-16/h3-12,14,21H,13H2,1-2H3,(H,22,23). The summed E-state index contributed by atoms with van der Waals surface area (Å²) in [6, 6.07) is 18.1. The van der Waals surface area contributed by atoms with E-state index < -0.39 is 10.0 Å². The van der Waals surface area contributed by atoms with E-state index in [1.807, 2.05) is 30.3 Å². The third-order valence-electron chi connectivity index (χ3n) is 4.02. The maximum absolute atomic E-state index is 12.5. The Morgan fingerprint density at radius 3 is 2.44 bits per heavy atom. The van der Waals surface area contributed by atoms with Crippen molar-refractivity contribution < 1.29 is 13.2 Å². The molecule has 1 aromatic heterocycles. The number of aromatic nitrogens is 1. The van der Waals surface area contributed by atoms with Crippen molar-refractivity contribution in [3.05, 3.63) is 78.0 Å². The van der Waals surface area contributed by atoms with Crippen molar-refractivity contribution in [3.8, 4) is 5.75 Å². The highest BCUT2D eigenvalue weighted by Crippen LogP contribution is 2.23. The molecule has 0 radical (unpaired) electrons. The van der Waals surface area contributed by atoms with Crippen LogP contribution >= 0.6 is 0 Å². The third-order valence-corrected chi connectivity index (χ3v) is 5.37. The number of hydrogen-bond acceptors (Lipinski definition) is 5. The van der Waals surface area contributed by atoms with Gasteiger partial charge in [0.05, 0.1) is 23.9 Å². The summed E-state index contributed by atoms with van der Waals surface area (Å²) in [7, 11) is -2.17. The van der Waals surface area contributed by atoms with Crippen LogP contribution in [0.4, 0.5) is 11.5 Å². The number of nitrogens with one attached hydrogen (secondary N) is 2. The molecular weight excluding hydrogens is 362 g/mol. The lowest BCUT2D eigenvalue weighted by molar-refractivity contribution is 0.411. The Kier molecular flexibility index (Phi) is 5.61. The largest absolute Gasteiger partial charge is 0.496 e. The Hall–Kier alpha value is -3.06. The van der Waals surface area contributed by atoms with Crippen LogP contribution in [-0.4, -0.2) is 20.5 Å². The summed E-state index contributed by atoms with van der Waals surface area (Å²) in [6.45, 7) is 2.46. The van der Waals surface area contributed by atoms with Gasteiger partial charge in [0, 0.05) is 6.54 Å². The zero-order valence-corrected chi connectivity index (χ0v) is 16.0. The highest BCUT2D eigenvalue weighted by Gasteiger charge is 2.16. The zero-order chi connectivity index (χ0) is 19.3. The van der Waals surface area contributed by atoms with Crippen LogP contribution in [0.15, 0.2) is 71.8 Å². The molecule has 140 valence electrons. The minimum absolute atomic E-state index is 0.161. The predicted octanol–water partition coefficient (Wildman–Crippen LogP) is 3.81. The molecular formula is C20H21N3O3S. The van der Waals surface area contributed by atoms with Gasteiger partial charge in [-0.2, -0.15) is 0 Å². The highest BCUT2D eigenvalue weighted by molar-refractivity contribution is 7.92. The molecule has 6 nitrogen and oxygen atoms in total. The Morgan fingerprint density at radius 2 is 1.81 bits per heavy atom. The molecule has 0 atom stereocenters. The first-order valence-electron chi connectivity index (χ1n) is 8.39. The lowest BCUT2D eigenvalue weighted by Gasteiger charge is -2.11. The lowest BCUT2D eigenvalue weighted by Crippen LogP contribution is -2.14. The molecule has 0 unspecified atom stereocenters. The van der Waals surface area contributed by atoms with E-state index in [4.69, 9.17) is 4.74 Å². The van der Waals surface area contributed by atoms with Crippen molar-refractivity contribution in [2.45, 2.75) is 18.4 Å². The van der Waals surface area contributed by atoms with E-state index in [1.165, 1.54) is 6.07 Å². The fourth-order valence-electron chi connectivity index (χ4n) is 2.57. The third kappa shape index (κ3) is 4.77. The van der Waals surface area contributed by atoms with Gasteiger partial charge in [0.25, 0.3) is 10.0 Å². The second-order valence-corrected chi connectivity index (χ2v) is 7.69. The molecule has 0 spiro atoms. The number of aryl methyl sites for hydroxylation is 1. The summed E-state index contributed by atoms with van der Waals surface area (Å²) in [5.74, 6) is 0.898. The van der Waals surface area contributed by atoms with Crippen LogP contribution in [0.2, 0.25) is 0 Å². The van der Waals surface area contributed by atoms with E-state index in [0.717, 1.165) is 16.8 Å². The fourth-order valence-corrected chi connectivity index (χ4v) is 3.67. The summed E-state index contributed by atoms with van der Waals surface area (Å²) < 4.78 is 32.7. The van der Waals surface area contributed by atoms with Crippen LogP contribution in [0.3, 0.4) is 0 Å². The van der Waals surface area contributed by atoms with Crippen molar-refractivity contribution in [1.29, 1.82) is 0 Å². The summed E-state index contributed by atoms with van der Waals surface area (Å²) >= 11 is 0. The van der Waals surface area contributed by atoms with Crippen molar-refractivity contribution in [2.24, 2.45) is 0 Å². The molecule has 0 saturated heterocycles. The van der Waals surface area contributed by atoms with Crippen LogP contribution < -0.4 is 14.8 Å². The van der Waals surface area contributed by atoms with E-state index in [-0.39, 0.29) is 10.7 Å². The fraction of sp³-hybridized carbons (Fsp3) is 0.150. The van der Waals surface area contributed by atoms with Gasteiger partial charge in [0.15, 0.2) is 0 Å². The molecule has 7 heteroatoms. The minimum atomic E-state index is -3.72. The number of sulfonamides is 1. The summed E-state index contributed by atoms with van der Waals surface area (Å²) in [4.78, 5) is 4.34. The number of nitrogens with zero attached hydrogens (tertiary/aromatic N) is 1. The number of anilines is 2. The van der Waals surface area contributed by atoms with Gasteiger partial charge in [-0.3, -0.25) is 4.72 Å². The molecule has 0 bridgehead atoms. The number of pyridine rings is 1. The van der Waals surface area contributed by atoms with Gasteiger partial charge in [-0.15, -0.1) is 0 Å². The maximum Gasteiger partial charge on any atom is 0.263 e. The minimum Gasteiger partial charge on any atom is -0.496 e. The van der Waals surface area contributed by atoms with Gasteiger partial charge in [-0.05, 0) is 48.4 Å². The number of hydrogen-bond donors (Lipinski definition) is 2. The molecule has 3 rings (SSSR count). The van der Waals surface area contributed by atoms with Crippen molar-refractivity contribution in [1.82, 2.24) is 4.98 Å². The van der Waals surface area contributed by atoms with Gasteiger partial charge in [0.2, 0.25) is 0 Å². The molecule has 1 heterocycles. The first kappa shape index (κ1) is 18.7. The molecule has 0 amide bonds. The van der Waals surface area contributed by atoms with Gasteiger partial charge < -0.3 is 10.1 Å². The number of benzene rings is 2. The van der Waals surface area contributed by atoms with E-state index in [1.54, 1.807) is 44.5 Å². The lowest BCUT2D eigenvalue weighted by atomic mass is 10.2. The van der Waals surface area contributed by atoms with Gasteiger partial charge in [-0.25, -0.2) is 13.4 Å². The van der Waals surface area contributed by atoms with E-state index >= 15 is 0 Å². The second-order valence-electron chi connectivity index (χ2n) is 6.01. The molecule has 2 N–H and O–H groups in total. The molecule has 2 aromatic carbocycles. The maximum atomic E-state index is 12.5. The van der Waals surface area contributed by atoms with Crippen LogP contribution in [0.5, 0.6) is 5.75 Å². The number of rotatable bonds is 7. The topological polar surface area (TPSA) is 80.3 Å². The summed E-state index contributed by atoms with van der Waals surface area (Å²) in [5, 5.41) is 3.25. The molecule has 27 heavy (non-hydrogen) atoms. The van der Waals surface area contributed by atoms with Gasteiger partial charge >= 0.3 is 0 Å². The average Bonchev–Trinajstić information content (AvgIpc) is 2.68. The molecule has 0 saturated carbocycles. The Bertz CT molecular complexity index is 1000. The molecule has 0 fully saturated rings. The summed E-state index contributed by atoms with van der Waals surface area (Å²) in [6.07, 6.45) is 1.60. The molecule has 0 aliphatic rings. The van der Waals surface area contributed by atoms with Crippen molar-refractivity contribution in [2.75, 3.05) is 17.1 Å². The van der Waals surface area contributed by atoms with Crippen molar-refractivity contribution >= 4 is 21.5 Å². The molecule has 0 aliphatic carbocycles. The first-order chi connectivity index (χ1) is 13.0. The number of methoxy groups -OCH3 is 1. The number of ether oxygens (including phenoxy) is 1. The van der Waals surface area contributed by atoms with Crippen LogP contribution in [0.25, 0.3) is 0 Å². The summed E-state index contributed by atoms with van der Waals surface area (Å²) in [5.41, 5.74) is 2.70. The predicted molar refractivity (Wildman–Crippen MR) is 107 cm³/mol. The van der Waals surface area contributed by atoms with Crippen LogP contribution in [0.1, 0.15) is 11.1 Å². The van der Waals surface area contributed by atoms with E-state index in [2.05, 4.69) is 15.0 Å². The molecule has 0 aliphatic heterocycles. The van der Waals surface area contributed by atoms with E-state index in [0.29, 0.717) is 12.3 Å². The SMILES string of the molecule is COc1ccc(S(=O)(=O)Nc2ccc(NCc3ccccc3)cn2)cc1C. The quantitative estimate of drug-likeness (QED) is 0.648. The monoisotopic (exact) mass is 383 g/mol. The Balaban J connectivity index is 1.67. The van der Waals surface area contributed by atoms with Crippen LogP contribution in [0, 0.1) is 6.92 Å². The van der Waals surface area contributed by atoms with E-state index in [9.17, 15) is 8.42 Å². The smallest absolute Gasteiger partial charge is 0.263 e. The zero-order valence-electron chi connectivity index (χ0n) is 15.1. The van der Waals surface area contributed by atoms with Gasteiger partial charge in [-0.1, -0.05) is 30.3 Å². The van der Waals surface area contributed by atoms with Crippen LogP contribution in [-0.2, 0) is 16.6 Å². The van der Waals surface area contributed by atoms with Gasteiger partial charge in [0.1, 0.15) is 11.6 Å². The Morgan fingerprint density at radius 1 is 1.04 bits per heavy atom. The van der Waals surface area contributed by atoms with Crippen molar-refractivity contribution in [3.63, 3.8) is 0 Å². The Labute approximate surface area is 159 Å². The highest BCUT2D eigenvalue weighted by atomic mass is 32.2. The molecule has 3 aromatic rings.